The molecule has 0 saturated carbocycles. The van der Waals surface area contributed by atoms with Crippen molar-refractivity contribution in [2.45, 2.75) is 18.9 Å². The van der Waals surface area contributed by atoms with E-state index in [4.69, 9.17) is 0 Å². The molecule has 0 bridgehead atoms. The molecule has 1 aliphatic heterocycles. The minimum Gasteiger partial charge on any atom is -0.363 e. The fourth-order valence-corrected chi connectivity index (χ4v) is 2.88. The van der Waals surface area contributed by atoms with Crippen molar-refractivity contribution in [1.29, 1.82) is 0 Å². The van der Waals surface area contributed by atoms with E-state index >= 15 is 0 Å². The van der Waals surface area contributed by atoms with Gasteiger partial charge in [-0.2, -0.15) is 0 Å². The quantitative estimate of drug-likeness (QED) is 0.873. The van der Waals surface area contributed by atoms with Crippen LogP contribution in [0.2, 0.25) is 0 Å². The lowest BCUT2D eigenvalue weighted by molar-refractivity contribution is 0.0735. The summed E-state index contributed by atoms with van der Waals surface area (Å²) < 4.78 is 0. The third kappa shape index (κ3) is 2.79. The molecular weight excluding hydrogens is 276 g/mol. The van der Waals surface area contributed by atoms with Gasteiger partial charge in [0.05, 0.1) is 11.6 Å². The second-order valence-corrected chi connectivity index (χ2v) is 5.74. The average molecular weight is 296 g/mol. The second kappa shape index (κ2) is 6.13. The number of pyridine rings is 2. The maximum atomic E-state index is 12.8. The molecule has 5 heteroatoms. The molecule has 114 valence electrons. The normalized spacial score (nSPS) is 17.5. The van der Waals surface area contributed by atoms with Gasteiger partial charge in [0.2, 0.25) is 0 Å². The average Bonchev–Trinajstić information content (AvgIpc) is 3.04. The van der Waals surface area contributed by atoms with Gasteiger partial charge in [-0.3, -0.25) is 9.78 Å². The van der Waals surface area contributed by atoms with Gasteiger partial charge < -0.3 is 9.80 Å². The van der Waals surface area contributed by atoms with E-state index in [1.54, 1.807) is 18.6 Å². The van der Waals surface area contributed by atoms with Gasteiger partial charge in [-0.25, -0.2) is 4.98 Å². The van der Waals surface area contributed by atoms with Crippen LogP contribution in [0, 0.1) is 0 Å². The standard InChI is InChI=1S/C17H20N4O/c1-20(2)16-6-5-14(12-19-16)17(22)21-11-3-4-15(21)13-7-9-18-10-8-13/h5-10,12,15H,3-4,11H2,1-2H3. The molecule has 0 spiro atoms. The van der Waals surface area contributed by atoms with E-state index in [1.165, 1.54) is 0 Å². The maximum Gasteiger partial charge on any atom is 0.255 e. The molecule has 1 amide bonds. The Hall–Kier alpha value is -2.43. The van der Waals surface area contributed by atoms with Gasteiger partial charge in [-0.15, -0.1) is 0 Å². The summed E-state index contributed by atoms with van der Waals surface area (Å²) in [5.74, 6) is 0.903. The maximum absolute atomic E-state index is 12.8. The van der Waals surface area contributed by atoms with Crippen LogP contribution in [-0.2, 0) is 0 Å². The highest BCUT2D eigenvalue weighted by Gasteiger charge is 2.30. The van der Waals surface area contributed by atoms with Gasteiger partial charge in [0, 0.05) is 39.2 Å². The Bertz CT molecular complexity index is 639. The van der Waals surface area contributed by atoms with E-state index in [1.807, 2.05) is 48.2 Å². The van der Waals surface area contributed by atoms with Crippen molar-refractivity contribution in [1.82, 2.24) is 14.9 Å². The Morgan fingerprint density at radius 2 is 2.00 bits per heavy atom. The predicted octanol–water partition coefficient (Wildman–Crippen LogP) is 2.52. The van der Waals surface area contributed by atoms with E-state index in [0.29, 0.717) is 5.56 Å². The Labute approximate surface area is 130 Å². The van der Waals surface area contributed by atoms with Crippen LogP contribution in [0.15, 0.2) is 42.9 Å². The molecule has 2 aromatic rings. The van der Waals surface area contributed by atoms with Crippen molar-refractivity contribution in [2.75, 3.05) is 25.5 Å². The summed E-state index contributed by atoms with van der Waals surface area (Å²) in [5.41, 5.74) is 1.80. The molecule has 3 rings (SSSR count). The number of hydrogen-bond donors (Lipinski definition) is 0. The van der Waals surface area contributed by atoms with E-state index in [0.717, 1.165) is 30.8 Å². The Morgan fingerprint density at radius 1 is 1.23 bits per heavy atom. The van der Waals surface area contributed by atoms with Crippen LogP contribution in [0.3, 0.4) is 0 Å². The zero-order valence-corrected chi connectivity index (χ0v) is 12.9. The number of carbonyl (C=O) groups is 1. The summed E-state index contributed by atoms with van der Waals surface area (Å²) in [7, 11) is 3.87. The Balaban J connectivity index is 1.81. The summed E-state index contributed by atoms with van der Waals surface area (Å²) in [6.07, 6.45) is 7.26. The van der Waals surface area contributed by atoms with Gasteiger partial charge in [0.15, 0.2) is 0 Å². The van der Waals surface area contributed by atoms with E-state index in [-0.39, 0.29) is 11.9 Å². The van der Waals surface area contributed by atoms with Gasteiger partial charge in [-0.05, 0) is 42.7 Å². The van der Waals surface area contributed by atoms with E-state index in [9.17, 15) is 4.79 Å². The molecule has 1 fully saturated rings. The molecule has 2 aromatic heterocycles. The van der Waals surface area contributed by atoms with Gasteiger partial charge in [0.1, 0.15) is 5.82 Å². The largest absolute Gasteiger partial charge is 0.363 e. The summed E-state index contributed by atoms with van der Waals surface area (Å²) in [6.45, 7) is 0.793. The van der Waals surface area contributed by atoms with Crippen molar-refractivity contribution in [3.05, 3.63) is 54.0 Å². The van der Waals surface area contributed by atoms with Crippen LogP contribution in [0.4, 0.5) is 5.82 Å². The van der Waals surface area contributed by atoms with Crippen molar-refractivity contribution in [3.63, 3.8) is 0 Å². The molecule has 0 N–H and O–H groups in total. The molecule has 1 unspecified atom stereocenters. The van der Waals surface area contributed by atoms with Crippen LogP contribution in [0.1, 0.15) is 34.8 Å². The number of amides is 1. The second-order valence-electron chi connectivity index (χ2n) is 5.74. The van der Waals surface area contributed by atoms with E-state index < -0.39 is 0 Å². The van der Waals surface area contributed by atoms with Gasteiger partial charge in [0.25, 0.3) is 5.91 Å². The molecule has 22 heavy (non-hydrogen) atoms. The van der Waals surface area contributed by atoms with Gasteiger partial charge >= 0.3 is 0 Å². The lowest BCUT2D eigenvalue weighted by Gasteiger charge is -2.25. The lowest BCUT2D eigenvalue weighted by atomic mass is 10.1. The van der Waals surface area contributed by atoms with Crippen LogP contribution in [0.25, 0.3) is 0 Å². The fourth-order valence-electron chi connectivity index (χ4n) is 2.88. The summed E-state index contributed by atoms with van der Waals surface area (Å²) in [6, 6.07) is 7.86. The van der Waals surface area contributed by atoms with Gasteiger partial charge in [-0.1, -0.05) is 0 Å². The molecule has 0 radical (unpaired) electrons. The van der Waals surface area contributed by atoms with E-state index in [2.05, 4.69) is 9.97 Å². The molecule has 1 saturated heterocycles. The third-order valence-electron chi connectivity index (χ3n) is 4.06. The fraction of sp³-hybridized carbons (Fsp3) is 0.353. The molecule has 3 heterocycles. The number of likely N-dealkylation sites (tertiary alicyclic amines) is 1. The summed E-state index contributed by atoms with van der Waals surface area (Å²) in [5, 5.41) is 0. The third-order valence-corrected chi connectivity index (χ3v) is 4.06. The number of anilines is 1. The Morgan fingerprint density at radius 3 is 2.64 bits per heavy atom. The smallest absolute Gasteiger partial charge is 0.255 e. The van der Waals surface area contributed by atoms with Crippen molar-refractivity contribution < 1.29 is 4.79 Å². The predicted molar refractivity (Wildman–Crippen MR) is 85.8 cm³/mol. The van der Waals surface area contributed by atoms with Crippen LogP contribution >= 0.6 is 0 Å². The minimum atomic E-state index is 0.0529. The highest BCUT2D eigenvalue weighted by Crippen LogP contribution is 2.32. The first-order chi connectivity index (χ1) is 10.7. The highest BCUT2D eigenvalue weighted by atomic mass is 16.2. The highest BCUT2D eigenvalue weighted by molar-refractivity contribution is 5.94. The first-order valence-electron chi connectivity index (χ1n) is 7.51. The zero-order chi connectivity index (χ0) is 15.5. The number of carbonyl (C=O) groups excluding carboxylic acids is 1. The number of rotatable bonds is 3. The zero-order valence-electron chi connectivity index (χ0n) is 12.9. The summed E-state index contributed by atoms with van der Waals surface area (Å²) >= 11 is 0. The monoisotopic (exact) mass is 296 g/mol. The molecule has 0 aromatic carbocycles. The lowest BCUT2D eigenvalue weighted by Crippen LogP contribution is -2.30. The number of aromatic nitrogens is 2. The SMILES string of the molecule is CN(C)c1ccc(C(=O)N2CCCC2c2ccncc2)cn1. The van der Waals surface area contributed by atoms with Crippen molar-refractivity contribution in [2.24, 2.45) is 0 Å². The molecule has 5 nitrogen and oxygen atoms in total. The molecule has 0 aliphatic carbocycles. The number of hydrogen-bond acceptors (Lipinski definition) is 4. The first-order valence-corrected chi connectivity index (χ1v) is 7.51. The van der Waals surface area contributed by atoms with Crippen LogP contribution < -0.4 is 4.90 Å². The van der Waals surface area contributed by atoms with Crippen LogP contribution in [0.5, 0.6) is 0 Å². The summed E-state index contributed by atoms with van der Waals surface area (Å²) in [4.78, 5) is 25.0. The first kappa shape index (κ1) is 14.5. The molecule has 1 aliphatic rings. The Kier molecular flexibility index (Phi) is 4.04. The molecule has 1 atom stereocenters. The molecular formula is C17H20N4O. The van der Waals surface area contributed by atoms with Crippen molar-refractivity contribution >= 4 is 11.7 Å². The minimum absolute atomic E-state index is 0.0529. The topological polar surface area (TPSA) is 49.3 Å². The number of nitrogens with zero attached hydrogens (tertiary/aromatic N) is 4. The van der Waals surface area contributed by atoms with Crippen molar-refractivity contribution in [3.8, 4) is 0 Å². The van der Waals surface area contributed by atoms with Crippen LogP contribution in [-0.4, -0.2) is 41.4 Å².